The zero-order chi connectivity index (χ0) is 16.1. The van der Waals surface area contributed by atoms with Crippen LogP contribution in [0.1, 0.15) is 49.1 Å². The topological polar surface area (TPSA) is 17.3 Å². The first-order chi connectivity index (χ1) is 11.7. The Labute approximate surface area is 155 Å². The van der Waals surface area contributed by atoms with Crippen LogP contribution in [0.4, 0.5) is 0 Å². The van der Waals surface area contributed by atoms with Crippen molar-refractivity contribution < 1.29 is 0 Å². The van der Waals surface area contributed by atoms with E-state index in [2.05, 4.69) is 50.8 Å². The fourth-order valence-electron chi connectivity index (χ4n) is 4.63. The highest BCUT2D eigenvalue weighted by molar-refractivity contribution is 9.10. The van der Waals surface area contributed by atoms with Gasteiger partial charge in [-0.2, -0.15) is 0 Å². The van der Waals surface area contributed by atoms with Gasteiger partial charge in [-0.15, -0.1) is 11.3 Å². The van der Waals surface area contributed by atoms with Gasteiger partial charge in [0, 0.05) is 26.8 Å². The Morgan fingerprint density at radius 1 is 1.04 bits per heavy atom. The lowest BCUT2D eigenvalue weighted by Crippen LogP contribution is -2.30. The number of halogens is 1. The van der Waals surface area contributed by atoms with Crippen LogP contribution >= 0.6 is 27.3 Å². The van der Waals surface area contributed by atoms with Gasteiger partial charge in [-0.25, -0.2) is 4.98 Å². The van der Waals surface area contributed by atoms with Gasteiger partial charge in [-0.1, -0.05) is 47.3 Å². The summed E-state index contributed by atoms with van der Waals surface area (Å²) in [4.78, 5) is 7.69. The summed E-state index contributed by atoms with van der Waals surface area (Å²) < 4.78 is 3.48. The molecule has 2 nitrogen and oxygen atoms in total. The van der Waals surface area contributed by atoms with E-state index in [9.17, 15) is 0 Å². The van der Waals surface area contributed by atoms with Crippen molar-refractivity contribution in [2.45, 2.75) is 51.4 Å². The smallest absolute Gasteiger partial charge is 0.194 e. The maximum atomic E-state index is 4.92. The van der Waals surface area contributed by atoms with Crippen LogP contribution in [0.25, 0.3) is 16.2 Å². The van der Waals surface area contributed by atoms with Crippen LogP contribution in [-0.2, 0) is 12.8 Å². The third-order valence-electron chi connectivity index (χ3n) is 5.98. The average Bonchev–Trinajstić information content (AvgIpc) is 3.13. The van der Waals surface area contributed by atoms with Crippen molar-refractivity contribution in [3.05, 3.63) is 45.5 Å². The molecule has 1 fully saturated rings. The van der Waals surface area contributed by atoms with E-state index in [1.54, 1.807) is 4.88 Å². The molecule has 0 radical (unpaired) electrons. The molecule has 0 aliphatic heterocycles. The summed E-state index contributed by atoms with van der Waals surface area (Å²) in [5.41, 5.74) is 4.43. The summed E-state index contributed by atoms with van der Waals surface area (Å²) >= 11 is 5.43. The normalized spacial score (nSPS) is 19.7. The number of fused-ring (bicyclic) bond motifs is 3. The van der Waals surface area contributed by atoms with Gasteiger partial charge in [0.1, 0.15) is 0 Å². The molecule has 0 bridgehead atoms. The molecular formula is C20H21BrN2S. The van der Waals surface area contributed by atoms with Gasteiger partial charge >= 0.3 is 0 Å². The Hall–Kier alpha value is -1.13. The van der Waals surface area contributed by atoms with Crippen LogP contribution in [0.3, 0.4) is 0 Å². The number of hydrogen-bond acceptors (Lipinski definition) is 2. The minimum absolute atomic E-state index is 0.614. The third kappa shape index (κ3) is 2.46. The molecule has 3 aromatic rings. The second kappa shape index (κ2) is 5.70. The number of rotatable bonds is 1. The second-order valence-corrected chi connectivity index (χ2v) is 9.47. The van der Waals surface area contributed by atoms with Gasteiger partial charge in [0.05, 0.1) is 5.69 Å². The molecule has 124 valence electrons. The van der Waals surface area contributed by atoms with Crippen molar-refractivity contribution in [3.8, 4) is 11.3 Å². The van der Waals surface area contributed by atoms with Crippen LogP contribution in [0.15, 0.2) is 34.9 Å². The monoisotopic (exact) mass is 400 g/mol. The summed E-state index contributed by atoms with van der Waals surface area (Å²) in [5, 5.41) is 0. The van der Waals surface area contributed by atoms with Crippen LogP contribution in [0.5, 0.6) is 0 Å². The third-order valence-corrected chi connectivity index (χ3v) is 7.61. The van der Waals surface area contributed by atoms with Crippen molar-refractivity contribution in [1.82, 2.24) is 9.38 Å². The standard InChI is InChI=1S/C20H21BrN2S/c21-15-6-4-14(5-7-15)16-13-23-17-8-11-20(9-2-1-3-10-20)12-18(17)24-19(23)22-16/h4-7,13H,1-3,8-12H2. The van der Waals surface area contributed by atoms with Gasteiger partial charge in [-0.05, 0) is 49.7 Å². The lowest BCUT2D eigenvalue weighted by atomic mass is 9.66. The van der Waals surface area contributed by atoms with E-state index in [0.717, 1.165) is 10.2 Å². The Morgan fingerprint density at radius 3 is 2.62 bits per heavy atom. The summed E-state index contributed by atoms with van der Waals surface area (Å²) in [6.45, 7) is 0. The van der Waals surface area contributed by atoms with Gasteiger partial charge in [0.2, 0.25) is 0 Å². The van der Waals surface area contributed by atoms with Gasteiger partial charge in [-0.3, -0.25) is 4.40 Å². The van der Waals surface area contributed by atoms with E-state index < -0.39 is 0 Å². The summed E-state index contributed by atoms with van der Waals surface area (Å²) in [6, 6.07) is 8.45. The largest absolute Gasteiger partial charge is 0.294 e. The maximum Gasteiger partial charge on any atom is 0.194 e. The van der Waals surface area contributed by atoms with Crippen LogP contribution in [0.2, 0.25) is 0 Å². The fraction of sp³-hybridized carbons (Fsp3) is 0.450. The molecule has 1 spiro atoms. The van der Waals surface area contributed by atoms with Crippen molar-refractivity contribution >= 4 is 32.2 Å². The Balaban J connectivity index is 1.51. The molecule has 2 aliphatic carbocycles. The van der Waals surface area contributed by atoms with Crippen molar-refractivity contribution in [3.63, 3.8) is 0 Å². The fourth-order valence-corrected chi connectivity index (χ4v) is 6.22. The Bertz CT molecular complexity index is 884. The highest BCUT2D eigenvalue weighted by Crippen LogP contribution is 2.48. The van der Waals surface area contributed by atoms with E-state index in [1.165, 1.54) is 67.6 Å². The van der Waals surface area contributed by atoms with E-state index in [0.29, 0.717) is 5.41 Å². The van der Waals surface area contributed by atoms with Crippen LogP contribution < -0.4 is 0 Å². The molecule has 0 saturated heterocycles. The molecule has 5 rings (SSSR count). The minimum Gasteiger partial charge on any atom is -0.294 e. The summed E-state index contributed by atoms with van der Waals surface area (Å²) in [6.07, 6.45) is 13.3. The molecule has 2 aromatic heterocycles. The molecular weight excluding hydrogens is 380 g/mol. The molecule has 24 heavy (non-hydrogen) atoms. The summed E-state index contributed by atoms with van der Waals surface area (Å²) in [7, 11) is 0. The molecule has 4 heteroatoms. The molecule has 0 atom stereocenters. The van der Waals surface area contributed by atoms with E-state index in [4.69, 9.17) is 4.98 Å². The first kappa shape index (κ1) is 15.2. The number of imidazole rings is 1. The number of thiazole rings is 1. The molecule has 2 heterocycles. The lowest BCUT2D eigenvalue weighted by molar-refractivity contribution is 0.163. The number of hydrogen-bond donors (Lipinski definition) is 0. The molecule has 0 N–H and O–H groups in total. The van der Waals surface area contributed by atoms with Gasteiger partial charge in [0.15, 0.2) is 4.96 Å². The van der Waals surface area contributed by atoms with Crippen molar-refractivity contribution in [2.24, 2.45) is 5.41 Å². The maximum absolute atomic E-state index is 4.92. The first-order valence-corrected chi connectivity index (χ1v) is 10.6. The highest BCUT2D eigenvalue weighted by Gasteiger charge is 2.37. The molecule has 1 aromatic carbocycles. The zero-order valence-electron chi connectivity index (χ0n) is 13.7. The number of benzene rings is 1. The van der Waals surface area contributed by atoms with Gasteiger partial charge < -0.3 is 0 Å². The van der Waals surface area contributed by atoms with E-state index in [-0.39, 0.29) is 0 Å². The lowest BCUT2D eigenvalue weighted by Gasteiger charge is -2.40. The Kier molecular flexibility index (Phi) is 3.60. The van der Waals surface area contributed by atoms with Gasteiger partial charge in [0.25, 0.3) is 0 Å². The zero-order valence-corrected chi connectivity index (χ0v) is 16.1. The molecule has 1 saturated carbocycles. The van der Waals surface area contributed by atoms with Crippen molar-refractivity contribution in [1.29, 1.82) is 0 Å². The first-order valence-electron chi connectivity index (χ1n) is 8.98. The molecule has 0 unspecified atom stereocenters. The number of nitrogens with zero attached hydrogens (tertiary/aromatic N) is 2. The van der Waals surface area contributed by atoms with Crippen molar-refractivity contribution in [2.75, 3.05) is 0 Å². The average molecular weight is 401 g/mol. The summed E-state index contributed by atoms with van der Waals surface area (Å²) in [5.74, 6) is 0. The molecule has 2 aliphatic rings. The Morgan fingerprint density at radius 2 is 1.83 bits per heavy atom. The molecule has 0 amide bonds. The SMILES string of the molecule is Brc1ccc(-c2cn3c4c(sc3n2)CC2(CCCCC2)CC4)cc1. The van der Waals surface area contributed by atoms with E-state index >= 15 is 0 Å². The highest BCUT2D eigenvalue weighted by atomic mass is 79.9. The second-order valence-electron chi connectivity index (χ2n) is 7.49. The number of aryl methyl sites for hydroxylation is 1. The minimum atomic E-state index is 0.614. The van der Waals surface area contributed by atoms with Crippen LogP contribution in [0, 0.1) is 5.41 Å². The van der Waals surface area contributed by atoms with E-state index in [1.807, 2.05) is 11.3 Å². The van der Waals surface area contributed by atoms with Crippen LogP contribution in [-0.4, -0.2) is 9.38 Å². The predicted molar refractivity (Wildman–Crippen MR) is 104 cm³/mol. The number of aromatic nitrogens is 2. The quantitative estimate of drug-likeness (QED) is 0.470. The predicted octanol–water partition coefficient (Wildman–Crippen LogP) is 6.26.